The quantitative estimate of drug-likeness (QED) is 0.0261. The molecule has 0 saturated carbocycles. The van der Waals surface area contributed by atoms with E-state index in [-0.39, 0.29) is 31.1 Å². The zero-order valence-corrected chi connectivity index (χ0v) is 54.8. The molecule has 6 nitrogen and oxygen atoms in total. The lowest BCUT2D eigenvalue weighted by atomic mass is 10.0. The Balaban J connectivity index is 4.24. The molecule has 0 N–H and O–H groups in total. The van der Waals surface area contributed by atoms with Crippen molar-refractivity contribution in [1.29, 1.82) is 0 Å². The van der Waals surface area contributed by atoms with E-state index in [1.54, 1.807) is 0 Å². The molecule has 0 aliphatic carbocycles. The third-order valence-corrected chi connectivity index (χ3v) is 15.9. The van der Waals surface area contributed by atoms with Crippen LogP contribution in [0.4, 0.5) is 0 Å². The van der Waals surface area contributed by atoms with Crippen molar-refractivity contribution in [2.75, 3.05) is 13.2 Å². The molecule has 0 radical (unpaired) electrons. The van der Waals surface area contributed by atoms with Gasteiger partial charge in [-0.05, 0) is 89.9 Å². The highest BCUT2D eigenvalue weighted by molar-refractivity contribution is 5.71. The topological polar surface area (TPSA) is 78.9 Å². The van der Waals surface area contributed by atoms with E-state index in [2.05, 4.69) is 93.7 Å². The number of ether oxygens (including phenoxy) is 3. The second kappa shape index (κ2) is 70.3. The summed E-state index contributed by atoms with van der Waals surface area (Å²) < 4.78 is 17.0. The maximum atomic E-state index is 12.9. The summed E-state index contributed by atoms with van der Waals surface area (Å²) in [7, 11) is 0. The number of hydrogen-bond acceptors (Lipinski definition) is 6. The van der Waals surface area contributed by atoms with Crippen LogP contribution < -0.4 is 0 Å². The van der Waals surface area contributed by atoms with Gasteiger partial charge in [-0.3, -0.25) is 14.4 Å². The maximum absolute atomic E-state index is 12.9. The van der Waals surface area contributed by atoms with E-state index in [0.29, 0.717) is 19.3 Å². The molecule has 0 bridgehead atoms. The van der Waals surface area contributed by atoms with E-state index >= 15 is 0 Å². The van der Waals surface area contributed by atoms with E-state index in [4.69, 9.17) is 14.2 Å². The van der Waals surface area contributed by atoms with Crippen LogP contribution in [0.5, 0.6) is 0 Å². The fraction of sp³-hybridized carbons (Fsp3) is 0.803. The molecule has 0 aliphatic rings. The summed E-state index contributed by atoms with van der Waals surface area (Å²) in [5.41, 5.74) is 0. The minimum absolute atomic E-state index is 0.0850. The smallest absolute Gasteiger partial charge is 0.306 e. The average molecular weight is 1150 g/mol. The Labute approximate surface area is 510 Å². The number of unbranched alkanes of at least 4 members (excludes halogenated alkanes) is 43. The molecule has 0 fully saturated rings. The van der Waals surface area contributed by atoms with Crippen LogP contribution in [0.15, 0.2) is 72.9 Å². The predicted molar refractivity (Wildman–Crippen MR) is 358 cm³/mol. The van der Waals surface area contributed by atoms with Crippen molar-refractivity contribution in [3.8, 4) is 0 Å². The summed E-state index contributed by atoms with van der Waals surface area (Å²) in [4.78, 5) is 38.4. The minimum Gasteiger partial charge on any atom is -0.462 e. The normalized spacial score (nSPS) is 12.5. The maximum Gasteiger partial charge on any atom is 0.306 e. The Kier molecular flexibility index (Phi) is 67.6. The van der Waals surface area contributed by atoms with Crippen molar-refractivity contribution in [2.45, 2.75) is 380 Å². The fourth-order valence-electron chi connectivity index (χ4n) is 10.6. The zero-order chi connectivity index (χ0) is 59.2. The zero-order valence-electron chi connectivity index (χ0n) is 54.8. The van der Waals surface area contributed by atoms with Gasteiger partial charge < -0.3 is 14.2 Å². The molecule has 1 atom stereocenters. The molecule has 6 heteroatoms. The number of esters is 3. The first-order valence-electron chi connectivity index (χ1n) is 35.9. The van der Waals surface area contributed by atoms with Gasteiger partial charge in [0, 0.05) is 19.3 Å². The highest BCUT2D eigenvalue weighted by Gasteiger charge is 2.19. The van der Waals surface area contributed by atoms with Gasteiger partial charge in [0.1, 0.15) is 13.2 Å². The van der Waals surface area contributed by atoms with Gasteiger partial charge >= 0.3 is 17.9 Å². The third kappa shape index (κ3) is 67.6. The number of rotatable bonds is 66. The highest BCUT2D eigenvalue weighted by Crippen LogP contribution is 2.18. The fourth-order valence-corrected chi connectivity index (χ4v) is 10.6. The summed E-state index contributed by atoms with van der Waals surface area (Å²) in [6.45, 7) is 6.53. The lowest BCUT2D eigenvalue weighted by Gasteiger charge is -2.18. The second-order valence-electron chi connectivity index (χ2n) is 24.1. The molecule has 0 aromatic rings. The highest BCUT2D eigenvalue weighted by atomic mass is 16.6. The van der Waals surface area contributed by atoms with Gasteiger partial charge in [0.25, 0.3) is 0 Å². The second-order valence-corrected chi connectivity index (χ2v) is 24.1. The van der Waals surface area contributed by atoms with Crippen LogP contribution in [0, 0.1) is 0 Å². The van der Waals surface area contributed by atoms with Gasteiger partial charge in [-0.15, -0.1) is 0 Å². The van der Waals surface area contributed by atoms with Gasteiger partial charge in [0.15, 0.2) is 6.10 Å². The van der Waals surface area contributed by atoms with Crippen LogP contribution >= 0.6 is 0 Å². The molecule has 1 unspecified atom stereocenters. The molecule has 0 saturated heterocycles. The lowest BCUT2D eigenvalue weighted by Crippen LogP contribution is -2.30. The van der Waals surface area contributed by atoms with E-state index in [1.807, 2.05) is 0 Å². The monoisotopic (exact) mass is 1150 g/mol. The molecular formula is C76H136O6. The number of carbonyl (C=O) groups is 3. The Bertz CT molecular complexity index is 1500. The SMILES string of the molecule is CC/C=C\C/C=C\C/C=C\C/C=C\CCCCCCC(=O)OC(COC(=O)CCCCCCCCC/C=C\C/C=C\CCCCC)COC(=O)CCCCCCCCCCCCCCCCCCCCCCCCCCCCCCCC. The molecule has 0 rings (SSSR count). The van der Waals surface area contributed by atoms with E-state index < -0.39 is 6.10 Å². The Morgan fingerprint density at radius 3 is 0.768 bits per heavy atom. The van der Waals surface area contributed by atoms with Gasteiger partial charge in [0.05, 0.1) is 0 Å². The van der Waals surface area contributed by atoms with Crippen molar-refractivity contribution in [3.63, 3.8) is 0 Å². The van der Waals surface area contributed by atoms with E-state index in [0.717, 1.165) is 109 Å². The van der Waals surface area contributed by atoms with Crippen molar-refractivity contribution in [3.05, 3.63) is 72.9 Å². The molecule has 0 aromatic carbocycles. The van der Waals surface area contributed by atoms with Gasteiger partial charge in [-0.1, -0.05) is 338 Å². The Hall–Kier alpha value is -3.15. The first kappa shape index (κ1) is 78.8. The number of allylic oxidation sites excluding steroid dienone is 12. The summed E-state index contributed by atoms with van der Waals surface area (Å²) in [5, 5.41) is 0. The van der Waals surface area contributed by atoms with Crippen LogP contribution in [-0.4, -0.2) is 37.2 Å². The predicted octanol–water partition coefficient (Wildman–Crippen LogP) is 24.8. The summed E-state index contributed by atoms with van der Waals surface area (Å²) >= 11 is 0. The standard InChI is InChI=1S/C76H136O6/c1-4-7-10-13-16-19-22-25-28-31-32-33-34-35-36-37-38-39-40-41-42-43-46-48-51-54-57-60-63-66-69-75(78)81-72-73(82-76(79)70-67-64-61-58-55-52-49-45-30-27-24-21-18-15-12-9-6-3)71-80-74(77)68-65-62-59-56-53-50-47-44-29-26-23-20-17-14-11-8-5-2/h9,12,17-18,20-21,26-27,29-30,49,52,73H,4-8,10-11,13-16,19,22-25,28,31-48,50-51,53-72H2,1-3H3/b12-9-,20-17-,21-18-,29-26-,30-27-,52-49-. The van der Waals surface area contributed by atoms with Crippen molar-refractivity contribution in [1.82, 2.24) is 0 Å². The summed E-state index contributed by atoms with van der Waals surface area (Å²) in [6, 6.07) is 0. The third-order valence-electron chi connectivity index (χ3n) is 15.9. The van der Waals surface area contributed by atoms with Gasteiger partial charge in [0.2, 0.25) is 0 Å². The molecule has 476 valence electrons. The van der Waals surface area contributed by atoms with Crippen molar-refractivity contribution >= 4 is 17.9 Å². The lowest BCUT2D eigenvalue weighted by molar-refractivity contribution is -0.167. The van der Waals surface area contributed by atoms with E-state index in [9.17, 15) is 14.4 Å². The largest absolute Gasteiger partial charge is 0.462 e. The summed E-state index contributed by atoms with van der Waals surface area (Å²) in [6.07, 6.45) is 92.3. The molecule has 0 aromatic heterocycles. The first-order chi connectivity index (χ1) is 40.5. The molecule has 0 amide bonds. The van der Waals surface area contributed by atoms with Crippen LogP contribution in [0.2, 0.25) is 0 Å². The Morgan fingerprint density at radius 2 is 0.476 bits per heavy atom. The Morgan fingerprint density at radius 1 is 0.256 bits per heavy atom. The van der Waals surface area contributed by atoms with Crippen LogP contribution in [0.25, 0.3) is 0 Å². The number of carbonyl (C=O) groups excluding carboxylic acids is 3. The van der Waals surface area contributed by atoms with Gasteiger partial charge in [-0.25, -0.2) is 0 Å². The van der Waals surface area contributed by atoms with Crippen molar-refractivity contribution < 1.29 is 28.6 Å². The molecule has 0 spiro atoms. The molecular weight excluding hydrogens is 1010 g/mol. The van der Waals surface area contributed by atoms with Crippen molar-refractivity contribution in [2.24, 2.45) is 0 Å². The van der Waals surface area contributed by atoms with Gasteiger partial charge in [-0.2, -0.15) is 0 Å². The van der Waals surface area contributed by atoms with Crippen LogP contribution in [0.3, 0.4) is 0 Å². The average Bonchev–Trinajstić information content (AvgIpc) is 3.47. The number of hydrogen-bond donors (Lipinski definition) is 0. The molecule has 0 aliphatic heterocycles. The minimum atomic E-state index is -0.793. The summed E-state index contributed by atoms with van der Waals surface area (Å²) in [5.74, 6) is -0.897. The molecule has 82 heavy (non-hydrogen) atoms. The van der Waals surface area contributed by atoms with Crippen LogP contribution in [-0.2, 0) is 28.6 Å². The first-order valence-corrected chi connectivity index (χ1v) is 35.9. The van der Waals surface area contributed by atoms with E-state index in [1.165, 1.54) is 225 Å². The molecule has 0 heterocycles. The van der Waals surface area contributed by atoms with Crippen LogP contribution in [0.1, 0.15) is 374 Å².